The van der Waals surface area contributed by atoms with E-state index in [1.807, 2.05) is 53.4 Å². The highest BCUT2D eigenvalue weighted by Crippen LogP contribution is 2.18. The number of aryl methyl sites for hydroxylation is 1. The van der Waals surface area contributed by atoms with Gasteiger partial charge in [0.25, 0.3) is 0 Å². The van der Waals surface area contributed by atoms with Gasteiger partial charge in [-0.1, -0.05) is 24.3 Å². The lowest BCUT2D eigenvalue weighted by molar-refractivity contribution is -0.131. The van der Waals surface area contributed by atoms with Crippen molar-refractivity contribution in [2.75, 3.05) is 31.1 Å². The van der Waals surface area contributed by atoms with Gasteiger partial charge in [-0.05, 0) is 43.2 Å². The molecule has 0 N–H and O–H groups in total. The minimum absolute atomic E-state index is 0.0535. The second-order valence-electron chi connectivity index (χ2n) is 6.78. The molecule has 1 amide bonds. The highest BCUT2D eigenvalue weighted by Gasteiger charge is 2.21. The minimum Gasteiger partial charge on any atom is -0.368 e. The second-order valence-corrected chi connectivity index (χ2v) is 6.78. The first-order valence-electron chi connectivity index (χ1n) is 9.19. The summed E-state index contributed by atoms with van der Waals surface area (Å²) >= 11 is 0. The standard InChI is InChI=1S/C22H23N3O2/c1-17(26)20-7-2-18(3-8-20)6-11-22(27)25-14-12-24(13-15-25)21-9-4-19(16-23)5-10-21/h2-5,7-10H,6,11-15H2,1H3. The third kappa shape index (κ3) is 4.73. The molecule has 3 rings (SSSR count). The Bertz CT molecular complexity index is 843. The quantitative estimate of drug-likeness (QED) is 0.768. The largest absolute Gasteiger partial charge is 0.368 e. The molecule has 2 aromatic rings. The van der Waals surface area contributed by atoms with E-state index in [1.54, 1.807) is 6.92 Å². The molecule has 5 heteroatoms. The Balaban J connectivity index is 1.48. The predicted molar refractivity (Wildman–Crippen MR) is 105 cm³/mol. The third-order valence-electron chi connectivity index (χ3n) is 4.98. The lowest BCUT2D eigenvalue weighted by Gasteiger charge is -2.36. The minimum atomic E-state index is 0.0535. The Morgan fingerprint density at radius 3 is 2.15 bits per heavy atom. The van der Waals surface area contributed by atoms with Gasteiger partial charge in [-0.15, -0.1) is 0 Å². The number of Topliss-reactive ketones (excluding diaryl/α,β-unsaturated/α-hetero) is 1. The fourth-order valence-corrected chi connectivity index (χ4v) is 3.28. The molecule has 0 radical (unpaired) electrons. The van der Waals surface area contributed by atoms with Crippen LogP contribution >= 0.6 is 0 Å². The Kier molecular flexibility index (Phi) is 5.87. The second kappa shape index (κ2) is 8.50. The zero-order valence-corrected chi connectivity index (χ0v) is 15.5. The number of nitrogens with zero attached hydrogens (tertiary/aromatic N) is 3. The summed E-state index contributed by atoms with van der Waals surface area (Å²) in [5.41, 5.74) is 3.52. The van der Waals surface area contributed by atoms with Crippen LogP contribution in [-0.4, -0.2) is 42.8 Å². The summed E-state index contributed by atoms with van der Waals surface area (Å²) in [4.78, 5) is 28.0. The molecule has 27 heavy (non-hydrogen) atoms. The smallest absolute Gasteiger partial charge is 0.223 e. The number of carbonyl (C=O) groups is 2. The highest BCUT2D eigenvalue weighted by atomic mass is 16.2. The Hall–Kier alpha value is -3.13. The van der Waals surface area contributed by atoms with Crippen molar-refractivity contribution < 1.29 is 9.59 Å². The fourth-order valence-electron chi connectivity index (χ4n) is 3.28. The van der Waals surface area contributed by atoms with Crippen LogP contribution in [0, 0.1) is 11.3 Å². The van der Waals surface area contributed by atoms with E-state index in [9.17, 15) is 9.59 Å². The summed E-state index contributed by atoms with van der Waals surface area (Å²) in [5, 5.41) is 8.88. The van der Waals surface area contributed by atoms with Gasteiger partial charge >= 0.3 is 0 Å². The van der Waals surface area contributed by atoms with Crippen molar-refractivity contribution in [3.05, 3.63) is 65.2 Å². The summed E-state index contributed by atoms with van der Waals surface area (Å²) < 4.78 is 0. The maximum absolute atomic E-state index is 12.5. The molecule has 0 bridgehead atoms. The van der Waals surface area contributed by atoms with Crippen LogP contribution in [0.1, 0.15) is 34.8 Å². The van der Waals surface area contributed by atoms with E-state index in [0.29, 0.717) is 37.1 Å². The van der Waals surface area contributed by atoms with Gasteiger partial charge in [-0.2, -0.15) is 5.26 Å². The van der Waals surface area contributed by atoms with Gasteiger partial charge in [-0.25, -0.2) is 0 Å². The van der Waals surface area contributed by atoms with E-state index >= 15 is 0 Å². The van der Waals surface area contributed by atoms with Crippen LogP contribution in [-0.2, 0) is 11.2 Å². The van der Waals surface area contributed by atoms with E-state index < -0.39 is 0 Å². The van der Waals surface area contributed by atoms with Crippen molar-refractivity contribution in [3.63, 3.8) is 0 Å². The molecule has 1 heterocycles. The van der Waals surface area contributed by atoms with E-state index in [1.165, 1.54) is 0 Å². The Labute approximate surface area is 159 Å². The summed E-state index contributed by atoms with van der Waals surface area (Å²) in [6.07, 6.45) is 1.17. The Morgan fingerprint density at radius 1 is 0.963 bits per heavy atom. The van der Waals surface area contributed by atoms with Gasteiger partial charge in [0, 0.05) is 43.9 Å². The lowest BCUT2D eigenvalue weighted by atomic mass is 10.1. The molecule has 0 aliphatic carbocycles. The molecular weight excluding hydrogens is 338 g/mol. The first-order valence-corrected chi connectivity index (χ1v) is 9.19. The summed E-state index contributed by atoms with van der Waals surface area (Å²) in [6, 6.07) is 17.2. The van der Waals surface area contributed by atoms with Gasteiger partial charge in [0.05, 0.1) is 11.6 Å². The normalized spacial score (nSPS) is 13.9. The number of piperazine rings is 1. The molecule has 0 spiro atoms. The first kappa shape index (κ1) is 18.7. The average molecular weight is 361 g/mol. The van der Waals surface area contributed by atoms with Crippen LogP contribution in [0.2, 0.25) is 0 Å². The maximum Gasteiger partial charge on any atom is 0.223 e. The van der Waals surface area contributed by atoms with Gasteiger partial charge in [0.1, 0.15) is 0 Å². The molecule has 1 aliphatic rings. The van der Waals surface area contributed by atoms with Crippen molar-refractivity contribution in [3.8, 4) is 6.07 Å². The van der Waals surface area contributed by atoms with Gasteiger partial charge < -0.3 is 9.80 Å². The number of nitriles is 1. The molecule has 1 aliphatic heterocycles. The highest BCUT2D eigenvalue weighted by molar-refractivity contribution is 5.94. The molecule has 2 aromatic carbocycles. The molecule has 138 valence electrons. The molecule has 0 unspecified atom stereocenters. The van der Waals surface area contributed by atoms with E-state index in [2.05, 4.69) is 11.0 Å². The number of hydrogen-bond donors (Lipinski definition) is 0. The van der Waals surface area contributed by atoms with Crippen molar-refractivity contribution in [2.24, 2.45) is 0 Å². The monoisotopic (exact) mass is 361 g/mol. The molecular formula is C22H23N3O2. The number of hydrogen-bond acceptors (Lipinski definition) is 4. The van der Waals surface area contributed by atoms with Crippen LogP contribution in [0.4, 0.5) is 5.69 Å². The first-order chi connectivity index (χ1) is 13.1. The van der Waals surface area contributed by atoms with Crippen LogP contribution in [0.5, 0.6) is 0 Å². The fraction of sp³-hybridized carbons (Fsp3) is 0.318. The van der Waals surface area contributed by atoms with Gasteiger partial charge in [0.2, 0.25) is 5.91 Å². The van der Waals surface area contributed by atoms with Crippen molar-refractivity contribution in [2.45, 2.75) is 19.8 Å². The average Bonchev–Trinajstić information content (AvgIpc) is 2.72. The SMILES string of the molecule is CC(=O)c1ccc(CCC(=O)N2CCN(c3ccc(C#N)cc3)CC2)cc1. The van der Waals surface area contributed by atoms with Crippen molar-refractivity contribution >= 4 is 17.4 Å². The summed E-state index contributed by atoms with van der Waals surface area (Å²) in [6.45, 7) is 4.57. The predicted octanol–water partition coefficient (Wildman–Crippen LogP) is 3.04. The zero-order valence-electron chi connectivity index (χ0n) is 15.5. The third-order valence-corrected chi connectivity index (χ3v) is 4.98. The molecule has 0 saturated carbocycles. The molecule has 0 atom stereocenters. The van der Waals surface area contributed by atoms with Gasteiger partial charge in [0.15, 0.2) is 5.78 Å². The summed E-state index contributed by atoms with van der Waals surface area (Å²) in [7, 11) is 0. The van der Waals surface area contributed by atoms with Gasteiger partial charge in [-0.3, -0.25) is 9.59 Å². The number of rotatable bonds is 5. The van der Waals surface area contributed by atoms with E-state index in [4.69, 9.17) is 5.26 Å². The van der Waals surface area contributed by atoms with Crippen LogP contribution in [0.15, 0.2) is 48.5 Å². The number of amides is 1. The molecule has 1 saturated heterocycles. The number of ketones is 1. The molecule has 5 nitrogen and oxygen atoms in total. The Morgan fingerprint density at radius 2 is 1.59 bits per heavy atom. The molecule has 1 fully saturated rings. The number of benzene rings is 2. The van der Waals surface area contributed by atoms with Crippen LogP contribution in [0.3, 0.4) is 0 Å². The van der Waals surface area contributed by atoms with Crippen molar-refractivity contribution in [1.82, 2.24) is 4.90 Å². The zero-order chi connectivity index (χ0) is 19.2. The van der Waals surface area contributed by atoms with E-state index in [0.717, 1.165) is 24.3 Å². The van der Waals surface area contributed by atoms with Crippen LogP contribution in [0.25, 0.3) is 0 Å². The molecule has 0 aromatic heterocycles. The van der Waals surface area contributed by atoms with Crippen LogP contribution < -0.4 is 4.90 Å². The maximum atomic E-state index is 12.5. The lowest BCUT2D eigenvalue weighted by Crippen LogP contribution is -2.48. The number of carbonyl (C=O) groups excluding carboxylic acids is 2. The number of anilines is 1. The summed E-state index contributed by atoms with van der Waals surface area (Å²) in [5.74, 6) is 0.225. The topological polar surface area (TPSA) is 64.4 Å². The van der Waals surface area contributed by atoms with Crippen molar-refractivity contribution in [1.29, 1.82) is 5.26 Å². The van der Waals surface area contributed by atoms with E-state index in [-0.39, 0.29) is 11.7 Å².